The number of nitrogens with zero attached hydrogens (tertiary/aromatic N) is 4. The van der Waals surface area contributed by atoms with E-state index in [9.17, 15) is 0 Å². The molecule has 0 atom stereocenters. The van der Waals surface area contributed by atoms with Crippen molar-refractivity contribution in [3.8, 4) is 0 Å². The van der Waals surface area contributed by atoms with Crippen LogP contribution in [-0.2, 0) is 21.7 Å². The molecule has 0 fully saturated rings. The van der Waals surface area contributed by atoms with Gasteiger partial charge in [0.15, 0.2) is 0 Å². The normalized spacial score (nSPS) is 13.4. The van der Waals surface area contributed by atoms with Crippen molar-refractivity contribution in [3.63, 3.8) is 0 Å². The van der Waals surface area contributed by atoms with Gasteiger partial charge in [0, 0.05) is 21.7 Å². The molecule has 6 heteroatoms. The van der Waals surface area contributed by atoms with Gasteiger partial charge in [-0.3, -0.25) is 0 Å². The van der Waals surface area contributed by atoms with Crippen molar-refractivity contribution in [1.82, 2.24) is 19.1 Å². The predicted octanol–water partition coefficient (Wildman–Crippen LogP) is 5.80. The zero-order valence-electron chi connectivity index (χ0n) is 18.6. The fourth-order valence-corrected chi connectivity index (χ4v) is 3.27. The van der Waals surface area contributed by atoms with Crippen molar-refractivity contribution >= 4 is 11.7 Å². The third-order valence-electron chi connectivity index (χ3n) is 3.82. The van der Waals surface area contributed by atoms with E-state index in [0.717, 1.165) is 22.8 Å². The average Bonchev–Trinajstić information content (AvgIpc) is 3.06. The lowest BCUT2D eigenvalue weighted by molar-refractivity contribution is 0.290. The molecule has 2 aromatic heterocycles. The predicted molar refractivity (Wildman–Crippen MR) is 109 cm³/mol. The summed E-state index contributed by atoms with van der Waals surface area (Å²) in [5.74, 6) is 0. The molecule has 0 amide bonds. The highest BCUT2D eigenvalue weighted by Gasteiger charge is 2.31. The molecule has 0 aliphatic rings. The van der Waals surface area contributed by atoms with Gasteiger partial charge in [-0.05, 0) is 0 Å². The summed E-state index contributed by atoms with van der Waals surface area (Å²) in [6.07, 6.45) is 0. The maximum absolute atomic E-state index is 4.80. The van der Waals surface area contributed by atoms with Gasteiger partial charge in [0.25, 0.3) is 0 Å². The molecular weight excluding hydrogens is 344 g/mol. The van der Waals surface area contributed by atoms with Gasteiger partial charge < -0.3 is 0 Å². The molecule has 0 saturated carbocycles. The highest BCUT2D eigenvalue weighted by molar-refractivity contribution is 6.99. The van der Waals surface area contributed by atoms with Crippen molar-refractivity contribution in [2.24, 2.45) is 0 Å². The van der Waals surface area contributed by atoms with Crippen LogP contribution in [0.15, 0.2) is 4.63 Å². The van der Waals surface area contributed by atoms with Crippen LogP contribution in [0.1, 0.15) is 106 Å². The van der Waals surface area contributed by atoms with Crippen LogP contribution in [0.2, 0.25) is 0 Å². The van der Waals surface area contributed by atoms with E-state index in [0.29, 0.717) is 0 Å². The van der Waals surface area contributed by atoms with E-state index in [4.69, 9.17) is 4.63 Å². The molecule has 2 heterocycles. The number of hydrogen-bond acceptors (Lipinski definition) is 6. The molecule has 0 aromatic carbocycles. The maximum atomic E-state index is 4.80. The Bertz CT molecular complexity index is 584. The minimum atomic E-state index is 0.00259. The van der Waals surface area contributed by atoms with Crippen molar-refractivity contribution in [3.05, 3.63) is 22.8 Å². The minimum absolute atomic E-state index is 0.00259. The van der Waals surface area contributed by atoms with E-state index in [1.807, 2.05) is 0 Å². The minimum Gasteiger partial charge on any atom is -0.244 e. The van der Waals surface area contributed by atoms with Crippen molar-refractivity contribution in [2.45, 2.75) is 105 Å². The molecule has 0 bridgehead atoms. The van der Waals surface area contributed by atoms with Crippen LogP contribution >= 0.6 is 11.7 Å². The second-order valence-corrected chi connectivity index (χ2v) is 11.5. The second-order valence-electron chi connectivity index (χ2n) is 10.9. The van der Waals surface area contributed by atoms with Gasteiger partial charge in [-0.1, -0.05) is 93.4 Å². The second kappa shape index (κ2) is 7.37. The molecule has 148 valence electrons. The summed E-state index contributed by atoms with van der Waals surface area (Å²) in [5.41, 5.74) is 4.42. The molecule has 26 heavy (non-hydrogen) atoms. The van der Waals surface area contributed by atoms with E-state index < -0.39 is 0 Å². The monoisotopic (exact) mass is 380 g/mol. The highest BCUT2D eigenvalue weighted by atomic mass is 32.1. The van der Waals surface area contributed by atoms with Crippen molar-refractivity contribution in [1.29, 1.82) is 0 Å². The summed E-state index contributed by atoms with van der Waals surface area (Å²) in [6.45, 7) is 25.8. The summed E-state index contributed by atoms with van der Waals surface area (Å²) in [6, 6.07) is 0. The zero-order chi connectivity index (χ0) is 20.6. The summed E-state index contributed by atoms with van der Waals surface area (Å²) in [4.78, 5) is 0. The lowest BCUT2D eigenvalue weighted by atomic mass is 9.82. The van der Waals surface area contributed by atoms with Gasteiger partial charge in [0.2, 0.25) is 0 Å². The third-order valence-corrected chi connectivity index (χ3v) is 4.35. The molecule has 0 aliphatic carbocycles. The van der Waals surface area contributed by atoms with Crippen molar-refractivity contribution in [2.75, 3.05) is 0 Å². The SMILES string of the molecule is CC(C)(C)c1nonc1C(C)(C)C.CC(C)(C)c1nsnc1C(C)(C)C. The van der Waals surface area contributed by atoms with Crippen LogP contribution in [0.5, 0.6) is 0 Å². The van der Waals surface area contributed by atoms with Gasteiger partial charge in [0.05, 0.1) is 23.1 Å². The maximum Gasteiger partial charge on any atom is 0.114 e. The molecular formula is C20H36N4OS. The van der Waals surface area contributed by atoms with Crippen molar-refractivity contribution < 1.29 is 4.63 Å². The Morgan fingerprint density at radius 1 is 0.500 bits per heavy atom. The molecule has 0 spiro atoms. The van der Waals surface area contributed by atoms with Gasteiger partial charge >= 0.3 is 0 Å². The highest BCUT2D eigenvalue weighted by Crippen LogP contribution is 2.32. The first-order chi connectivity index (χ1) is 11.5. The first kappa shape index (κ1) is 22.7. The van der Waals surface area contributed by atoms with Gasteiger partial charge in [0.1, 0.15) is 11.4 Å². The number of rotatable bonds is 0. The number of aromatic nitrogens is 4. The van der Waals surface area contributed by atoms with Crippen LogP contribution < -0.4 is 0 Å². The zero-order valence-corrected chi connectivity index (χ0v) is 19.4. The quantitative estimate of drug-likeness (QED) is 0.578. The first-order valence-corrected chi connectivity index (χ1v) is 9.86. The summed E-state index contributed by atoms with van der Waals surface area (Å²) < 4.78 is 13.6. The van der Waals surface area contributed by atoms with Crippen LogP contribution in [0.25, 0.3) is 0 Å². The van der Waals surface area contributed by atoms with Gasteiger partial charge in [-0.15, -0.1) is 0 Å². The largest absolute Gasteiger partial charge is 0.244 e. The lowest BCUT2D eigenvalue weighted by Gasteiger charge is -2.23. The smallest absolute Gasteiger partial charge is 0.114 e. The van der Waals surface area contributed by atoms with E-state index in [1.165, 1.54) is 11.7 Å². The van der Waals surface area contributed by atoms with Crippen LogP contribution in [0.4, 0.5) is 0 Å². The standard InChI is InChI=1S/C10H18N2O.C10H18N2S/c2*1-9(2,3)7-8(10(4,5)6)12-13-11-7/h2*1-6H3. The Labute approximate surface area is 163 Å². The Kier molecular flexibility index (Phi) is 6.45. The Balaban J connectivity index is 0.000000260. The topological polar surface area (TPSA) is 64.7 Å². The van der Waals surface area contributed by atoms with Gasteiger partial charge in [-0.2, -0.15) is 8.75 Å². The molecule has 0 unspecified atom stereocenters. The van der Waals surface area contributed by atoms with Crippen LogP contribution in [0.3, 0.4) is 0 Å². The molecule has 0 radical (unpaired) electrons. The van der Waals surface area contributed by atoms with Crippen LogP contribution in [-0.4, -0.2) is 19.1 Å². The summed E-state index contributed by atoms with van der Waals surface area (Å²) >= 11 is 1.32. The molecule has 0 saturated heterocycles. The fraction of sp³-hybridized carbons (Fsp3) is 0.800. The third kappa shape index (κ3) is 5.86. The van der Waals surface area contributed by atoms with E-state index >= 15 is 0 Å². The van der Waals surface area contributed by atoms with E-state index in [1.54, 1.807) is 0 Å². The van der Waals surface area contributed by atoms with Gasteiger partial charge in [-0.25, -0.2) is 4.63 Å². The van der Waals surface area contributed by atoms with E-state index in [-0.39, 0.29) is 21.7 Å². The Morgan fingerprint density at radius 3 is 1.00 bits per heavy atom. The fourth-order valence-electron chi connectivity index (χ4n) is 2.35. The molecule has 2 rings (SSSR count). The Hall–Kier alpha value is -1.30. The summed E-state index contributed by atoms with van der Waals surface area (Å²) in [7, 11) is 0. The average molecular weight is 381 g/mol. The molecule has 5 nitrogen and oxygen atoms in total. The molecule has 0 aliphatic heterocycles. The Morgan fingerprint density at radius 2 is 0.769 bits per heavy atom. The van der Waals surface area contributed by atoms with Crippen LogP contribution in [0, 0.1) is 0 Å². The molecule has 0 N–H and O–H groups in total. The van der Waals surface area contributed by atoms with E-state index in [2.05, 4.69) is 102 Å². The number of hydrogen-bond donors (Lipinski definition) is 0. The first-order valence-electron chi connectivity index (χ1n) is 9.12. The summed E-state index contributed by atoms with van der Waals surface area (Å²) in [5, 5.41) is 7.94. The lowest BCUT2D eigenvalue weighted by Crippen LogP contribution is -2.21. The molecule has 2 aromatic rings.